The van der Waals surface area contributed by atoms with Gasteiger partial charge in [-0.2, -0.15) is 0 Å². The zero-order chi connectivity index (χ0) is 13.9. The van der Waals surface area contributed by atoms with Gasteiger partial charge in [-0.3, -0.25) is 9.78 Å². The normalized spacial score (nSPS) is 10.7. The molecule has 0 aliphatic heterocycles. The van der Waals surface area contributed by atoms with Crippen LogP contribution in [0, 0.1) is 2.88 Å². The van der Waals surface area contributed by atoms with Crippen LogP contribution in [-0.2, 0) is 6.54 Å². The SMILES string of the molecule is O=C(NCc1cccc2cccnc12)c1csc(I)c1. The molecule has 100 valence electrons. The van der Waals surface area contributed by atoms with Gasteiger partial charge >= 0.3 is 0 Å². The summed E-state index contributed by atoms with van der Waals surface area (Å²) in [6, 6.07) is 11.8. The lowest BCUT2D eigenvalue weighted by molar-refractivity contribution is 0.0951. The smallest absolute Gasteiger partial charge is 0.252 e. The molecule has 0 unspecified atom stereocenters. The Morgan fingerprint density at radius 1 is 1.30 bits per heavy atom. The average Bonchev–Trinajstić information content (AvgIpc) is 2.91. The number of rotatable bonds is 3. The summed E-state index contributed by atoms with van der Waals surface area (Å²) in [5.74, 6) is -0.0444. The third-order valence-corrected chi connectivity index (χ3v) is 4.77. The Morgan fingerprint density at radius 3 is 2.95 bits per heavy atom. The Bertz CT molecular complexity index is 764. The Balaban J connectivity index is 1.79. The molecule has 0 bridgehead atoms. The molecule has 1 amide bonds. The third kappa shape index (κ3) is 2.83. The lowest BCUT2D eigenvalue weighted by atomic mass is 10.1. The molecular formula is C15H11IN2OS. The van der Waals surface area contributed by atoms with E-state index >= 15 is 0 Å². The number of halogens is 1. The average molecular weight is 394 g/mol. The molecule has 3 nitrogen and oxygen atoms in total. The summed E-state index contributed by atoms with van der Waals surface area (Å²) in [5, 5.41) is 5.91. The summed E-state index contributed by atoms with van der Waals surface area (Å²) in [6.45, 7) is 0.486. The third-order valence-electron chi connectivity index (χ3n) is 2.99. The van der Waals surface area contributed by atoms with Gasteiger partial charge in [0.25, 0.3) is 5.91 Å². The van der Waals surface area contributed by atoms with Crippen molar-refractivity contribution in [2.75, 3.05) is 0 Å². The van der Waals surface area contributed by atoms with Gasteiger partial charge in [-0.05, 0) is 40.3 Å². The van der Waals surface area contributed by atoms with E-state index in [9.17, 15) is 4.79 Å². The van der Waals surface area contributed by atoms with Crippen LogP contribution in [0.3, 0.4) is 0 Å². The highest BCUT2D eigenvalue weighted by molar-refractivity contribution is 14.1. The number of aromatic nitrogens is 1. The molecule has 0 aliphatic carbocycles. The maximum Gasteiger partial charge on any atom is 0.252 e. The quantitative estimate of drug-likeness (QED) is 0.687. The first-order chi connectivity index (χ1) is 9.74. The second kappa shape index (κ2) is 5.88. The van der Waals surface area contributed by atoms with E-state index in [1.165, 1.54) is 0 Å². The summed E-state index contributed by atoms with van der Waals surface area (Å²) < 4.78 is 1.11. The van der Waals surface area contributed by atoms with Gasteiger partial charge in [0.1, 0.15) is 0 Å². The van der Waals surface area contributed by atoms with Crippen molar-refractivity contribution < 1.29 is 4.79 Å². The van der Waals surface area contributed by atoms with E-state index in [-0.39, 0.29) is 5.91 Å². The fraction of sp³-hybridized carbons (Fsp3) is 0.0667. The van der Waals surface area contributed by atoms with E-state index in [4.69, 9.17) is 0 Å². The van der Waals surface area contributed by atoms with Crippen LogP contribution in [0.25, 0.3) is 10.9 Å². The lowest BCUT2D eigenvalue weighted by Gasteiger charge is -2.07. The van der Waals surface area contributed by atoms with Crippen LogP contribution in [0.4, 0.5) is 0 Å². The molecule has 0 saturated heterocycles. The molecule has 1 N–H and O–H groups in total. The Labute approximate surface area is 134 Å². The number of para-hydroxylation sites is 1. The second-order valence-electron chi connectivity index (χ2n) is 4.31. The molecule has 0 saturated carbocycles. The van der Waals surface area contributed by atoms with Crippen molar-refractivity contribution in [1.29, 1.82) is 0 Å². The number of benzene rings is 1. The predicted octanol–water partition coefficient (Wildman–Crippen LogP) is 3.83. The van der Waals surface area contributed by atoms with E-state index in [2.05, 4.69) is 32.9 Å². The fourth-order valence-electron chi connectivity index (χ4n) is 2.02. The number of carbonyl (C=O) groups is 1. The summed E-state index contributed by atoms with van der Waals surface area (Å²) in [5.41, 5.74) is 2.68. The highest BCUT2D eigenvalue weighted by Gasteiger charge is 2.08. The van der Waals surface area contributed by atoms with Crippen molar-refractivity contribution in [2.24, 2.45) is 0 Å². The summed E-state index contributed by atoms with van der Waals surface area (Å²) in [7, 11) is 0. The van der Waals surface area contributed by atoms with Gasteiger partial charge in [-0.25, -0.2) is 0 Å². The van der Waals surface area contributed by atoms with Crippen molar-refractivity contribution in [1.82, 2.24) is 10.3 Å². The van der Waals surface area contributed by atoms with E-state index in [1.807, 2.05) is 41.8 Å². The van der Waals surface area contributed by atoms with Crippen LogP contribution in [-0.4, -0.2) is 10.9 Å². The number of nitrogens with one attached hydrogen (secondary N) is 1. The highest BCUT2D eigenvalue weighted by Crippen LogP contribution is 2.18. The van der Waals surface area contributed by atoms with Gasteiger partial charge in [-0.15, -0.1) is 11.3 Å². The van der Waals surface area contributed by atoms with E-state index in [0.717, 1.165) is 19.4 Å². The van der Waals surface area contributed by atoms with Gasteiger partial charge in [0.05, 0.1) is 14.0 Å². The molecule has 1 aromatic carbocycles. The number of carbonyl (C=O) groups excluding carboxylic acids is 1. The Kier molecular flexibility index (Phi) is 3.98. The number of nitrogens with zero attached hydrogens (tertiary/aromatic N) is 1. The van der Waals surface area contributed by atoms with E-state index in [1.54, 1.807) is 17.5 Å². The first-order valence-electron chi connectivity index (χ1n) is 6.09. The largest absolute Gasteiger partial charge is 0.348 e. The molecule has 0 spiro atoms. The molecule has 3 rings (SSSR count). The van der Waals surface area contributed by atoms with Crippen LogP contribution in [0.5, 0.6) is 0 Å². The molecule has 3 aromatic rings. The number of fused-ring (bicyclic) bond motifs is 1. The predicted molar refractivity (Wildman–Crippen MR) is 89.9 cm³/mol. The molecule has 0 radical (unpaired) electrons. The first kappa shape index (κ1) is 13.5. The standard InChI is InChI=1S/C15H11IN2OS/c16-13-7-12(9-20-13)15(19)18-8-11-4-1-3-10-5-2-6-17-14(10)11/h1-7,9H,8H2,(H,18,19). The molecule has 0 fully saturated rings. The number of hydrogen-bond donors (Lipinski definition) is 1. The minimum absolute atomic E-state index is 0.0444. The van der Waals surface area contributed by atoms with Crippen LogP contribution in [0.15, 0.2) is 48.0 Å². The van der Waals surface area contributed by atoms with Crippen molar-refractivity contribution in [3.8, 4) is 0 Å². The van der Waals surface area contributed by atoms with Gasteiger partial charge in [0.15, 0.2) is 0 Å². The summed E-state index contributed by atoms with van der Waals surface area (Å²) in [6.07, 6.45) is 1.77. The van der Waals surface area contributed by atoms with Gasteiger partial charge < -0.3 is 5.32 Å². The van der Waals surface area contributed by atoms with Crippen molar-refractivity contribution >= 4 is 50.7 Å². The molecule has 2 heterocycles. The number of thiophene rings is 1. The minimum Gasteiger partial charge on any atom is -0.348 e. The minimum atomic E-state index is -0.0444. The molecule has 0 aliphatic rings. The number of hydrogen-bond acceptors (Lipinski definition) is 3. The maximum atomic E-state index is 12.0. The lowest BCUT2D eigenvalue weighted by Crippen LogP contribution is -2.22. The highest BCUT2D eigenvalue weighted by atomic mass is 127. The van der Waals surface area contributed by atoms with Gasteiger partial charge in [-0.1, -0.05) is 24.3 Å². The Morgan fingerprint density at radius 2 is 2.15 bits per heavy atom. The fourth-order valence-corrected chi connectivity index (χ4v) is 3.34. The first-order valence-corrected chi connectivity index (χ1v) is 8.05. The molecule has 20 heavy (non-hydrogen) atoms. The second-order valence-corrected chi connectivity index (χ2v) is 7.12. The molecule has 0 atom stereocenters. The summed E-state index contributed by atoms with van der Waals surface area (Å²) >= 11 is 3.78. The summed E-state index contributed by atoms with van der Waals surface area (Å²) in [4.78, 5) is 16.4. The zero-order valence-corrected chi connectivity index (χ0v) is 13.4. The zero-order valence-electron chi connectivity index (χ0n) is 10.5. The molecule has 2 aromatic heterocycles. The Hall–Kier alpha value is -1.47. The van der Waals surface area contributed by atoms with Crippen molar-refractivity contribution in [2.45, 2.75) is 6.54 Å². The van der Waals surface area contributed by atoms with Gasteiger partial charge in [0, 0.05) is 23.5 Å². The van der Waals surface area contributed by atoms with Crippen LogP contribution >= 0.6 is 33.9 Å². The maximum absolute atomic E-state index is 12.0. The monoisotopic (exact) mass is 394 g/mol. The van der Waals surface area contributed by atoms with Gasteiger partial charge in [0.2, 0.25) is 0 Å². The molecular weight excluding hydrogens is 383 g/mol. The van der Waals surface area contributed by atoms with E-state index in [0.29, 0.717) is 12.1 Å². The van der Waals surface area contributed by atoms with Crippen molar-refractivity contribution in [3.05, 3.63) is 62.0 Å². The number of pyridine rings is 1. The van der Waals surface area contributed by atoms with Crippen LogP contribution in [0.1, 0.15) is 15.9 Å². The van der Waals surface area contributed by atoms with Crippen LogP contribution < -0.4 is 5.32 Å². The topological polar surface area (TPSA) is 42.0 Å². The number of amides is 1. The van der Waals surface area contributed by atoms with E-state index < -0.39 is 0 Å². The molecule has 5 heteroatoms. The van der Waals surface area contributed by atoms with Crippen LogP contribution in [0.2, 0.25) is 0 Å². The van der Waals surface area contributed by atoms with Crippen molar-refractivity contribution in [3.63, 3.8) is 0 Å².